The fourth-order valence-electron chi connectivity index (χ4n) is 5.10. The van der Waals surface area contributed by atoms with Crippen LogP contribution in [-0.2, 0) is 52.8 Å². The molecule has 2 aromatic carbocycles. The van der Waals surface area contributed by atoms with E-state index in [0.717, 1.165) is 43.2 Å². The van der Waals surface area contributed by atoms with Crippen molar-refractivity contribution in [2.45, 2.75) is 64.1 Å². The molecule has 0 bridgehead atoms. The molecule has 0 aromatic heterocycles. The third kappa shape index (κ3) is 4.45. The Labute approximate surface area is 179 Å². The van der Waals surface area contributed by atoms with Gasteiger partial charge in [-0.15, -0.1) is 0 Å². The Morgan fingerprint density at radius 3 is 2.30 bits per heavy atom. The lowest BCUT2D eigenvalue weighted by Gasteiger charge is -2.22. The Balaban J connectivity index is 1.62. The number of aliphatic hydroxyl groups excluding tert-OH is 1. The van der Waals surface area contributed by atoms with Crippen LogP contribution in [0.5, 0.6) is 0 Å². The molecular weight excluding hydrogens is 376 g/mol. The molecule has 4 nitrogen and oxygen atoms in total. The summed E-state index contributed by atoms with van der Waals surface area (Å²) in [7, 11) is 2.96. The summed E-state index contributed by atoms with van der Waals surface area (Å²) in [5, 5.41) is 10.4. The highest BCUT2D eigenvalue weighted by Gasteiger charge is 2.26. The van der Waals surface area contributed by atoms with Crippen LogP contribution >= 0.6 is 0 Å². The third-order valence-electron chi connectivity index (χ3n) is 6.74. The number of benzene rings is 2. The van der Waals surface area contributed by atoms with Crippen LogP contribution in [0.15, 0.2) is 30.3 Å². The van der Waals surface area contributed by atoms with Gasteiger partial charge in [-0.25, -0.2) is 0 Å². The van der Waals surface area contributed by atoms with E-state index in [9.17, 15) is 9.90 Å². The highest BCUT2D eigenvalue weighted by molar-refractivity contribution is 5.73. The van der Waals surface area contributed by atoms with Gasteiger partial charge in [-0.2, -0.15) is 0 Å². The van der Waals surface area contributed by atoms with Gasteiger partial charge in [-0.1, -0.05) is 30.3 Å². The van der Waals surface area contributed by atoms with Crippen LogP contribution in [0.25, 0.3) is 0 Å². The Kier molecular flexibility index (Phi) is 6.55. The number of ether oxygens (including phenoxy) is 2. The zero-order chi connectivity index (χ0) is 21.1. The summed E-state index contributed by atoms with van der Waals surface area (Å²) in [6.45, 7) is 0. The highest BCUT2D eigenvalue weighted by atomic mass is 16.6. The standard InChI is InChI=1S/C26H32O4/c1-29-25(27)23(13-17-10-11-18-6-3-4-7-19(18)12-17)15-22-14-20-8-5-9-21(20)16-24(22)26(28)30-2/h10-12,14,16,23,26,28H,3-9,13,15H2,1-2H3/t23-,26+/m1/s1. The average Bonchev–Trinajstić information content (AvgIpc) is 3.24. The van der Waals surface area contributed by atoms with Gasteiger partial charge in [-0.05, 0) is 91.2 Å². The van der Waals surface area contributed by atoms with Gasteiger partial charge in [0.25, 0.3) is 0 Å². The first-order valence-electron chi connectivity index (χ1n) is 11.1. The summed E-state index contributed by atoms with van der Waals surface area (Å²) in [6, 6.07) is 10.9. The lowest BCUT2D eigenvalue weighted by Crippen LogP contribution is -2.22. The molecule has 0 spiro atoms. The van der Waals surface area contributed by atoms with E-state index >= 15 is 0 Å². The summed E-state index contributed by atoms with van der Waals surface area (Å²) in [4.78, 5) is 12.7. The quantitative estimate of drug-likeness (QED) is 0.549. The molecule has 1 N–H and O–H groups in total. The zero-order valence-corrected chi connectivity index (χ0v) is 18.1. The topological polar surface area (TPSA) is 55.8 Å². The number of aliphatic hydroxyl groups is 1. The van der Waals surface area contributed by atoms with E-state index in [-0.39, 0.29) is 11.9 Å². The third-order valence-corrected chi connectivity index (χ3v) is 6.74. The smallest absolute Gasteiger partial charge is 0.309 e. The first-order valence-corrected chi connectivity index (χ1v) is 11.1. The summed E-state index contributed by atoms with van der Waals surface area (Å²) in [5.41, 5.74) is 8.43. The molecule has 4 rings (SSSR count). The van der Waals surface area contributed by atoms with Crippen LogP contribution in [-0.4, -0.2) is 25.3 Å². The van der Waals surface area contributed by atoms with Crippen molar-refractivity contribution in [3.05, 3.63) is 69.3 Å². The predicted octanol–water partition coefficient (Wildman–Crippen LogP) is 4.27. The molecule has 0 saturated heterocycles. The molecular formula is C26H32O4. The van der Waals surface area contributed by atoms with E-state index in [1.54, 1.807) is 0 Å². The van der Waals surface area contributed by atoms with Crippen molar-refractivity contribution in [1.29, 1.82) is 0 Å². The number of methoxy groups -OCH3 is 2. The van der Waals surface area contributed by atoms with Gasteiger partial charge in [0, 0.05) is 12.7 Å². The predicted molar refractivity (Wildman–Crippen MR) is 116 cm³/mol. The molecule has 160 valence electrons. The molecule has 0 heterocycles. The Hall–Kier alpha value is -2.17. The number of rotatable bonds is 7. The highest BCUT2D eigenvalue weighted by Crippen LogP contribution is 2.32. The normalized spacial score (nSPS) is 17.2. The minimum absolute atomic E-state index is 0.203. The lowest BCUT2D eigenvalue weighted by molar-refractivity contribution is -0.145. The molecule has 0 unspecified atom stereocenters. The van der Waals surface area contributed by atoms with E-state index in [2.05, 4.69) is 30.3 Å². The lowest BCUT2D eigenvalue weighted by atomic mass is 9.86. The van der Waals surface area contributed by atoms with E-state index in [0.29, 0.717) is 12.8 Å². The van der Waals surface area contributed by atoms with Crippen LogP contribution in [0.3, 0.4) is 0 Å². The average molecular weight is 409 g/mol. The van der Waals surface area contributed by atoms with Crippen LogP contribution in [0.1, 0.15) is 64.5 Å². The van der Waals surface area contributed by atoms with E-state index in [1.165, 1.54) is 54.9 Å². The number of carbonyl (C=O) groups excluding carboxylic acids is 1. The molecule has 30 heavy (non-hydrogen) atoms. The van der Waals surface area contributed by atoms with E-state index < -0.39 is 6.29 Å². The Morgan fingerprint density at radius 1 is 0.900 bits per heavy atom. The van der Waals surface area contributed by atoms with Gasteiger partial charge in [0.15, 0.2) is 6.29 Å². The summed E-state index contributed by atoms with van der Waals surface area (Å²) in [6.07, 6.45) is 8.21. The maximum atomic E-state index is 12.7. The van der Waals surface area contributed by atoms with Gasteiger partial charge < -0.3 is 14.6 Å². The van der Waals surface area contributed by atoms with Crippen molar-refractivity contribution in [3.8, 4) is 0 Å². The van der Waals surface area contributed by atoms with Crippen molar-refractivity contribution in [2.24, 2.45) is 5.92 Å². The maximum Gasteiger partial charge on any atom is 0.309 e. The summed E-state index contributed by atoms with van der Waals surface area (Å²) >= 11 is 0. The van der Waals surface area contributed by atoms with Gasteiger partial charge in [0.1, 0.15) is 0 Å². The maximum absolute atomic E-state index is 12.7. The second-order valence-corrected chi connectivity index (χ2v) is 8.70. The van der Waals surface area contributed by atoms with Gasteiger partial charge in [0.05, 0.1) is 13.0 Å². The SMILES string of the molecule is COC(=O)[C@H](Cc1ccc2c(c1)CCCC2)Cc1cc2c(cc1[C@@H](O)OC)CCC2. The van der Waals surface area contributed by atoms with Crippen molar-refractivity contribution >= 4 is 5.97 Å². The fraction of sp³-hybridized carbons (Fsp3) is 0.500. The minimum atomic E-state index is -0.979. The summed E-state index contributed by atoms with van der Waals surface area (Å²) < 4.78 is 10.4. The molecule has 2 atom stereocenters. The molecule has 0 aliphatic heterocycles. The molecule has 0 fully saturated rings. The molecule has 2 aromatic rings. The van der Waals surface area contributed by atoms with Crippen molar-refractivity contribution in [2.75, 3.05) is 14.2 Å². The molecule has 2 aliphatic carbocycles. The fourth-order valence-corrected chi connectivity index (χ4v) is 5.10. The number of esters is 1. The Morgan fingerprint density at radius 2 is 1.57 bits per heavy atom. The Bertz CT molecular complexity index is 917. The zero-order valence-electron chi connectivity index (χ0n) is 18.1. The first-order chi connectivity index (χ1) is 14.6. The number of carbonyl (C=O) groups is 1. The number of hydrogen-bond donors (Lipinski definition) is 1. The van der Waals surface area contributed by atoms with E-state index in [1.807, 2.05) is 0 Å². The van der Waals surface area contributed by atoms with Crippen LogP contribution in [0.4, 0.5) is 0 Å². The first kappa shape index (κ1) is 21.1. The van der Waals surface area contributed by atoms with Gasteiger partial charge in [-0.3, -0.25) is 4.79 Å². The number of fused-ring (bicyclic) bond motifs is 2. The second-order valence-electron chi connectivity index (χ2n) is 8.70. The van der Waals surface area contributed by atoms with Crippen LogP contribution in [0, 0.1) is 5.92 Å². The van der Waals surface area contributed by atoms with Crippen molar-refractivity contribution in [1.82, 2.24) is 0 Å². The summed E-state index contributed by atoms with van der Waals surface area (Å²) in [5.74, 6) is -0.495. The number of hydrogen-bond acceptors (Lipinski definition) is 4. The van der Waals surface area contributed by atoms with Crippen molar-refractivity contribution < 1.29 is 19.4 Å². The monoisotopic (exact) mass is 408 g/mol. The minimum Gasteiger partial charge on any atom is -0.469 e. The largest absolute Gasteiger partial charge is 0.469 e. The molecule has 2 aliphatic rings. The molecule has 4 heteroatoms. The van der Waals surface area contributed by atoms with E-state index in [4.69, 9.17) is 9.47 Å². The van der Waals surface area contributed by atoms with Crippen LogP contribution < -0.4 is 0 Å². The van der Waals surface area contributed by atoms with Gasteiger partial charge in [0.2, 0.25) is 0 Å². The van der Waals surface area contributed by atoms with Crippen molar-refractivity contribution in [3.63, 3.8) is 0 Å². The second kappa shape index (κ2) is 9.32. The molecule has 0 saturated carbocycles. The molecule has 0 amide bonds. The number of aryl methyl sites for hydroxylation is 4. The van der Waals surface area contributed by atoms with Gasteiger partial charge >= 0.3 is 5.97 Å². The van der Waals surface area contributed by atoms with Crippen LogP contribution in [0.2, 0.25) is 0 Å². The molecule has 0 radical (unpaired) electrons.